The molecule has 0 saturated heterocycles. The minimum atomic E-state index is -0.394. The summed E-state index contributed by atoms with van der Waals surface area (Å²) in [5.41, 5.74) is 2.87. The predicted molar refractivity (Wildman–Crippen MR) is 81.7 cm³/mol. The van der Waals surface area contributed by atoms with Crippen LogP contribution in [0, 0.1) is 17.0 Å². The van der Waals surface area contributed by atoms with Crippen molar-refractivity contribution in [2.75, 3.05) is 6.54 Å². The Bertz CT molecular complexity index is 636. The summed E-state index contributed by atoms with van der Waals surface area (Å²) in [4.78, 5) is 10.5. The molecule has 21 heavy (non-hydrogen) atoms. The molecule has 0 saturated carbocycles. The van der Waals surface area contributed by atoms with E-state index < -0.39 is 4.92 Å². The lowest BCUT2D eigenvalue weighted by Crippen LogP contribution is -2.19. The summed E-state index contributed by atoms with van der Waals surface area (Å²) in [5.74, 6) is 0. The normalized spacial score (nSPS) is 12.3. The van der Waals surface area contributed by atoms with Crippen LogP contribution in [0.25, 0.3) is 5.69 Å². The molecule has 1 aromatic carbocycles. The molecule has 112 valence electrons. The van der Waals surface area contributed by atoms with E-state index in [2.05, 4.69) is 24.3 Å². The molecule has 0 spiro atoms. The van der Waals surface area contributed by atoms with Gasteiger partial charge in [-0.15, -0.1) is 0 Å². The summed E-state index contributed by atoms with van der Waals surface area (Å²) in [6, 6.07) is 6.72. The van der Waals surface area contributed by atoms with Crippen LogP contribution in [-0.4, -0.2) is 21.2 Å². The highest BCUT2D eigenvalue weighted by molar-refractivity contribution is 5.44. The van der Waals surface area contributed by atoms with Gasteiger partial charge >= 0.3 is 0 Å². The summed E-state index contributed by atoms with van der Waals surface area (Å²) < 4.78 is 1.74. The first-order valence-electron chi connectivity index (χ1n) is 7.07. The van der Waals surface area contributed by atoms with Crippen molar-refractivity contribution < 1.29 is 4.92 Å². The lowest BCUT2D eigenvalue weighted by atomic mass is 10.1. The Morgan fingerprint density at radius 3 is 2.90 bits per heavy atom. The van der Waals surface area contributed by atoms with Crippen molar-refractivity contribution in [3.05, 3.63) is 51.8 Å². The maximum atomic E-state index is 10.9. The number of nitrogens with zero attached hydrogens (tertiary/aromatic N) is 3. The van der Waals surface area contributed by atoms with Gasteiger partial charge in [-0.1, -0.05) is 13.0 Å². The van der Waals surface area contributed by atoms with E-state index in [1.807, 2.05) is 19.2 Å². The highest BCUT2D eigenvalue weighted by atomic mass is 16.6. The van der Waals surface area contributed by atoms with Crippen LogP contribution in [0.2, 0.25) is 0 Å². The number of hydrogen-bond donors (Lipinski definition) is 1. The molecule has 0 amide bonds. The average Bonchev–Trinajstić information content (AvgIpc) is 2.86. The number of nitro groups is 1. The van der Waals surface area contributed by atoms with Gasteiger partial charge in [-0.25, -0.2) is 4.68 Å². The van der Waals surface area contributed by atoms with Gasteiger partial charge in [0.2, 0.25) is 0 Å². The molecule has 1 unspecified atom stereocenters. The highest BCUT2D eigenvalue weighted by Gasteiger charge is 2.15. The lowest BCUT2D eigenvalue weighted by Gasteiger charge is -2.13. The van der Waals surface area contributed by atoms with Gasteiger partial charge < -0.3 is 5.32 Å². The molecule has 0 bridgehead atoms. The standard InChI is InChI=1S/C15H20N4O2/c1-4-8-16-11(2)15-10-17-18(12(15)3)13-6-5-7-14(9-13)19(20)21/h5-7,9-11,16H,4,8H2,1-3H3. The fourth-order valence-corrected chi connectivity index (χ4v) is 2.32. The minimum Gasteiger partial charge on any atom is -0.310 e. The number of non-ortho nitro benzene ring substituents is 1. The van der Waals surface area contributed by atoms with Crippen LogP contribution in [0.1, 0.15) is 37.6 Å². The van der Waals surface area contributed by atoms with Crippen LogP contribution in [-0.2, 0) is 0 Å². The molecule has 1 aromatic heterocycles. The Hall–Kier alpha value is -2.21. The molecule has 1 N–H and O–H groups in total. The Morgan fingerprint density at radius 1 is 1.48 bits per heavy atom. The van der Waals surface area contributed by atoms with E-state index in [9.17, 15) is 10.1 Å². The van der Waals surface area contributed by atoms with Crippen molar-refractivity contribution in [1.29, 1.82) is 0 Å². The van der Waals surface area contributed by atoms with Gasteiger partial charge in [0, 0.05) is 29.4 Å². The predicted octanol–water partition coefficient (Wildman–Crippen LogP) is 3.15. The van der Waals surface area contributed by atoms with Crippen molar-refractivity contribution in [3.8, 4) is 5.69 Å². The highest BCUT2D eigenvalue weighted by Crippen LogP contribution is 2.22. The topological polar surface area (TPSA) is 73.0 Å². The number of benzene rings is 1. The molecule has 0 radical (unpaired) electrons. The fourth-order valence-electron chi connectivity index (χ4n) is 2.32. The van der Waals surface area contributed by atoms with Crippen molar-refractivity contribution in [3.63, 3.8) is 0 Å². The first-order chi connectivity index (χ1) is 10.0. The third-order valence-electron chi connectivity index (χ3n) is 3.50. The Morgan fingerprint density at radius 2 is 2.24 bits per heavy atom. The monoisotopic (exact) mass is 288 g/mol. The second-order valence-corrected chi connectivity index (χ2v) is 5.05. The van der Waals surface area contributed by atoms with Gasteiger partial charge in [0.05, 0.1) is 16.8 Å². The molecule has 2 rings (SSSR count). The Kier molecular flexibility index (Phi) is 4.70. The Labute approximate surface area is 123 Å². The van der Waals surface area contributed by atoms with Gasteiger partial charge in [0.25, 0.3) is 5.69 Å². The molecule has 1 atom stereocenters. The number of hydrogen-bond acceptors (Lipinski definition) is 4. The maximum absolute atomic E-state index is 10.9. The van der Waals surface area contributed by atoms with Crippen LogP contribution in [0.3, 0.4) is 0 Å². The van der Waals surface area contributed by atoms with Crippen molar-refractivity contribution in [2.45, 2.75) is 33.2 Å². The second-order valence-electron chi connectivity index (χ2n) is 5.05. The summed E-state index contributed by atoms with van der Waals surface area (Å²) in [7, 11) is 0. The van der Waals surface area contributed by atoms with E-state index in [4.69, 9.17) is 0 Å². The molecule has 1 heterocycles. The molecule has 0 fully saturated rings. The summed E-state index contributed by atoms with van der Waals surface area (Å²) in [6.07, 6.45) is 2.89. The molecule has 0 aliphatic rings. The van der Waals surface area contributed by atoms with Crippen molar-refractivity contribution in [1.82, 2.24) is 15.1 Å². The third-order valence-corrected chi connectivity index (χ3v) is 3.50. The van der Waals surface area contributed by atoms with Crippen LogP contribution < -0.4 is 5.32 Å². The van der Waals surface area contributed by atoms with Crippen LogP contribution >= 0.6 is 0 Å². The lowest BCUT2D eigenvalue weighted by molar-refractivity contribution is -0.384. The van der Waals surface area contributed by atoms with E-state index in [1.54, 1.807) is 10.7 Å². The van der Waals surface area contributed by atoms with Crippen LogP contribution in [0.15, 0.2) is 30.5 Å². The SMILES string of the molecule is CCCNC(C)c1cnn(-c2cccc([N+](=O)[O-])c2)c1C. The molecule has 0 aliphatic carbocycles. The third kappa shape index (κ3) is 3.28. The Balaban J connectivity index is 2.31. The van der Waals surface area contributed by atoms with Gasteiger partial charge in [-0.2, -0.15) is 5.10 Å². The van der Waals surface area contributed by atoms with Crippen molar-refractivity contribution in [2.24, 2.45) is 0 Å². The number of nitro benzene ring substituents is 1. The van der Waals surface area contributed by atoms with Crippen molar-refractivity contribution >= 4 is 5.69 Å². The second kappa shape index (κ2) is 6.49. The van der Waals surface area contributed by atoms with Gasteiger partial charge in [-0.3, -0.25) is 10.1 Å². The van der Waals surface area contributed by atoms with E-state index in [-0.39, 0.29) is 11.7 Å². The number of aromatic nitrogens is 2. The first kappa shape index (κ1) is 15.2. The summed E-state index contributed by atoms with van der Waals surface area (Å²) in [6.45, 7) is 7.14. The zero-order valence-corrected chi connectivity index (χ0v) is 12.5. The van der Waals surface area contributed by atoms with E-state index in [0.29, 0.717) is 5.69 Å². The van der Waals surface area contributed by atoms with E-state index >= 15 is 0 Å². The molecule has 0 aliphatic heterocycles. The molecule has 6 nitrogen and oxygen atoms in total. The van der Waals surface area contributed by atoms with Gasteiger partial charge in [-0.05, 0) is 32.9 Å². The zero-order chi connectivity index (χ0) is 15.4. The van der Waals surface area contributed by atoms with Crippen LogP contribution in [0.5, 0.6) is 0 Å². The maximum Gasteiger partial charge on any atom is 0.271 e. The van der Waals surface area contributed by atoms with Crippen LogP contribution in [0.4, 0.5) is 5.69 Å². The fraction of sp³-hybridized carbons (Fsp3) is 0.400. The number of nitrogens with one attached hydrogen (secondary N) is 1. The largest absolute Gasteiger partial charge is 0.310 e. The molecule has 6 heteroatoms. The quantitative estimate of drug-likeness (QED) is 0.654. The molecular weight excluding hydrogens is 268 g/mol. The minimum absolute atomic E-state index is 0.0705. The van der Waals surface area contributed by atoms with Gasteiger partial charge in [0.15, 0.2) is 0 Å². The summed E-state index contributed by atoms with van der Waals surface area (Å²) in [5, 5.41) is 18.7. The molecule has 2 aromatic rings. The first-order valence-corrected chi connectivity index (χ1v) is 7.07. The van der Waals surface area contributed by atoms with E-state index in [0.717, 1.165) is 24.2 Å². The smallest absolute Gasteiger partial charge is 0.271 e. The van der Waals surface area contributed by atoms with Gasteiger partial charge in [0.1, 0.15) is 0 Å². The zero-order valence-electron chi connectivity index (χ0n) is 12.5. The average molecular weight is 288 g/mol. The number of rotatable bonds is 6. The van der Waals surface area contributed by atoms with E-state index in [1.165, 1.54) is 12.1 Å². The summed E-state index contributed by atoms with van der Waals surface area (Å²) >= 11 is 0. The molecular formula is C15H20N4O2.